The minimum absolute atomic E-state index is 0.0173. The smallest absolute Gasteiger partial charge is 0.416 e. The molecule has 2 aliphatic rings. The number of amides is 2. The Morgan fingerprint density at radius 1 is 1.05 bits per heavy atom. The molecule has 1 aliphatic carbocycles. The molecule has 11 heteroatoms. The topological polar surface area (TPSA) is 116 Å². The van der Waals surface area contributed by atoms with Gasteiger partial charge in [-0.15, -0.1) is 0 Å². The molecule has 1 saturated carbocycles. The fourth-order valence-electron chi connectivity index (χ4n) is 3.86. The van der Waals surface area contributed by atoms with Crippen molar-refractivity contribution in [3.05, 3.63) is 77.0 Å². The van der Waals surface area contributed by atoms with E-state index in [1.165, 1.54) is 12.3 Å². The highest BCUT2D eigenvalue weighted by molar-refractivity contribution is 6.07. The van der Waals surface area contributed by atoms with Crippen LogP contribution in [0.15, 0.2) is 60.3 Å². The van der Waals surface area contributed by atoms with Crippen LogP contribution in [0.4, 0.5) is 24.7 Å². The number of aromatic nitrogens is 1. The Labute approximate surface area is 215 Å². The van der Waals surface area contributed by atoms with Gasteiger partial charge in [-0.25, -0.2) is 4.98 Å². The van der Waals surface area contributed by atoms with Crippen LogP contribution in [-0.2, 0) is 22.3 Å². The maximum atomic E-state index is 13.2. The normalized spacial score (nSPS) is 14.6. The molecule has 0 unspecified atom stereocenters. The van der Waals surface area contributed by atoms with E-state index in [4.69, 9.17) is 15.2 Å². The van der Waals surface area contributed by atoms with Crippen LogP contribution in [0.5, 0.6) is 17.2 Å². The lowest BCUT2D eigenvalue weighted by Gasteiger charge is -2.19. The molecule has 5 rings (SSSR count). The van der Waals surface area contributed by atoms with Crippen molar-refractivity contribution in [1.29, 1.82) is 0 Å². The maximum Gasteiger partial charge on any atom is 0.416 e. The number of fused-ring (bicyclic) bond motifs is 1. The van der Waals surface area contributed by atoms with Crippen LogP contribution in [0.2, 0.25) is 0 Å². The summed E-state index contributed by atoms with van der Waals surface area (Å²) < 4.78 is 51.3. The van der Waals surface area contributed by atoms with Crippen LogP contribution in [0.3, 0.4) is 0 Å². The predicted octanol–water partition coefficient (Wildman–Crippen LogP) is 5.11. The number of hydrogen-bond donors (Lipinski definition) is 3. The first-order valence-corrected chi connectivity index (χ1v) is 11.8. The van der Waals surface area contributed by atoms with Gasteiger partial charge in [0.05, 0.1) is 11.1 Å². The van der Waals surface area contributed by atoms with Crippen LogP contribution in [0, 0.1) is 5.92 Å². The zero-order chi connectivity index (χ0) is 26.9. The van der Waals surface area contributed by atoms with E-state index in [9.17, 15) is 22.8 Å². The lowest BCUT2D eigenvalue weighted by molar-refractivity contribution is -0.137. The molecule has 8 nitrogen and oxygen atoms in total. The van der Waals surface area contributed by atoms with Gasteiger partial charge < -0.3 is 25.8 Å². The molecule has 1 fully saturated rings. The van der Waals surface area contributed by atoms with Gasteiger partial charge in [0.15, 0.2) is 0 Å². The Morgan fingerprint density at radius 2 is 1.84 bits per heavy atom. The molecular formula is C27H23F3N4O4. The van der Waals surface area contributed by atoms with Gasteiger partial charge in [-0.3, -0.25) is 9.59 Å². The molecule has 0 spiro atoms. The molecule has 1 aromatic heterocycles. The van der Waals surface area contributed by atoms with E-state index < -0.39 is 17.6 Å². The van der Waals surface area contributed by atoms with Crippen LogP contribution in [0.1, 0.15) is 29.5 Å². The van der Waals surface area contributed by atoms with Gasteiger partial charge >= 0.3 is 6.18 Å². The minimum Gasteiger partial charge on any atom is -0.488 e. The third-order valence-electron chi connectivity index (χ3n) is 5.97. The Kier molecular flexibility index (Phi) is 6.77. The minimum atomic E-state index is -4.58. The third kappa shape index (κ3) is 5.94. The summed E-state index contributed by atoms with van der Waals surface area (Å²) in [5.41, 5.74) is 5.62. The molecule has 0 radical (unpaired) electrons. The number of nitrogens with zero attached hydrogens (tertiary/aromatic N) is 1. The van der Waals surface area contributed by atoms with E-state index in [0.29, 0.717) is 28.6 Å². The Morgan fingerprint density at radius 3 is 2.58 bits per heavy atom. The van der Waals surface area contributed by atoms with E-state index in [0.717, 1.165) is 25.0 Å². The lowest BCUT2D eigenvalue weighted by Crippen LogP contribution is -2.21. The van der Waals surface area contributed by atoms with Gasteiger partial charge in [-0.1, -0.05) is 0 Å². The highest BCUT2D eigenvalue weighted by atomic mass is 19.4. The monoisotopic (exact) mass is 524 g/mol. The maximum absolute atomic E-state index is 13.2. The number of ether oxygens (including phenoxy) is 2. The van der Waals surface area contributed by atoms with Crippen molar-refractivity contribution >= 4 is 29.4 Å². The molecule has 0 bridgehead atoms. The second-order valence-electron chi connectivity index (χ2n) is 8.97. The fourth-order valence-corrected chi connectivity index (χ4v) is 3.86. The van der Waals surface area contributed by atoms with Gasteiger partial charge in [0.2, 0.25) is 5.91 Å². The number of carbonyl (C=O) groups is 2. The van der Waals surface area contributed by atoms with E-state index in [2.05, 4.69) is 15.6 Å². The molecule has 2 heterocycles. The van der Waals surface area contributed by atoms with Crippen molar-refractivity contribution in [3.8, 4) is 17.2 Å². The number of rotatable bonds is 7. The molecule has 3 aromatic rings. The highest BCUT2D eigenvalue weighted by Crippen LogP contribution is 2.35. The molecule has 0 saturated heterocycles. The highest BCUT2D eigenvalue weighted by Gasteiger charge is 2.32. The summed E-state index contributed by atoms with van der Waals surface area (Å²) >= 11 is 0. The average molecular weight is 524 g/mol. The number of alkyl halides is 3. The summed E-state index contributed by atoms with van der Waals surface area (Å²) in [5.74, 6) is 1.16. The number of nitrogens with two attached hydrogens (primary N) is 1. The molecule has 38 heavy (non-hydrogen) atoms. The zero-order valence-electron chi connectivity index (χ0n) is 20.0. The summed E-state index contributed by atoms with van der Waals surface area (Å²) in [6.07, 6.45) is 0.284. The molecule has 0 atom stereocenters. The van der Waals surface area contributed by atoms with E-state index in [1.54, 1.807) is 36.4 Å². The van der Waals surface area contributed by atoms with Crippen molar-refractivity contribution < 1.29 is 32.2 Å². The fraction of sp³-hybridized carbons (Fsp3) is 0.222. The summed E-state index contributed by atoms with van der Waals surface area (Å²) in [4.78, 5) is 29.0. The number of nitrogens with one attached hydrogen (secondary N) is 2. The second kappa shape index (κ2) is 10.2. The quantitative estimate of drug-likeness (QED) is 0.396. The van der Waals surface area contributed by atoms with E-state index in [-0.39, 0.29) is 41.8 Å². The van der Waals surface area contributed by atoms with E-state index >= 15 is 0 Å². The molecule has 196 valence electrons. The number of benzene rings is 2. The van der Waals surface area contributed by atoms with Crippen LogP contribution < -0.4 is 25.8 Å². The summed E-state index contributed by atoms with van der Waals surface area (Å²) in [6, 6.07) is 11.5. The number of carbonyl (C=O) groups excluding carboxylic acids is 2. The number of pyridine rings is 1. The van der Waals surface area contributed by atoms with Crippen molar-refractivity contribution in [2.75, 3.05) is 17.2 Å². The Hall–Kier alpha value is -4.38. The van der Waals surface area contributed by atoms with Gasteiger partial charge in [0.1, 0.15) is 29.7 Å². The lowest BCUT2D eigenvalue weighted by atomic mass is 10.1. The molecule has 2 amide bonds. The first-order chi connectivity index (χ1) is 18.2. The largest absolute Gasteiger partial charge is 0.488 e. The SMILES string of the molecule is NCc1cc(NC(=O)C2=Cc3cc(Oc4ccnc(NC(=O)C5CC5)c4)ccc3OC2)cc(C(F)(F)F)c1. The zero-order valence-corrected chi connectivity index (χ0v) is 20.0. The molecule has 4 N–H and O–H groups in total. The molecular weight excluding hydrogens is 501 g/mol. The van der Waals surface area contributed by atoms with Gasteiger partial charge in [-0.2, -0.15) is 13.2 Å². The number of hydrogen-bond acceptors (Lipinski definition) is 6. The van der Waals surface area contributed by atoms with Crippen molar-refractivity contribution in [1.82, 2.24) is 4.98 Å². The number of halogens is 3. The van der Waals surface area contributed by atoms with Crippen molar-refractivity contribution in [2.24, 2.45) is 11.7 Å². The summed E-state index contributed by atoms with van der Waals surface area (Å²) in [5, 5.41) is 5.27. The first-order valence-electron chi connectivity index (χ1n) is 11.8. The predicted molar refractivity (Wildman–Crippen MR) is 134 cm³/mol. The third-order valence-corrected chi connectivity index (χ3v) is 5.97. The average Bonchev–Trinajstić information content (AvgIpc) is 3.73. The number of anilines is 2. The van der Waals surface area contributed by atoms with Crippen molar-refractivity contribution in [2.45, 2.75) is 25.6 Å². The van der Waals surface area contributed by atoms with Gasteiger partial charge in [-0.05, 0) is 66.9 Å². The Balaban J connectivity index is 1.31. The van der Waals surface area contributed by atoms with E-state index in [1.807, 2.05) is 0 Å². The molecule has 2 aromatic carbocycles. The van der Waals surface area contributed by atoms with Crippen LogP contribution in [0.25, 0.3) is 6.08 Å². The standard InChI is InChI=1S/C27H23F3N4O4/c28-27(29,30)19-7-15(13-31)8-20(11-19)33-26(36)18-9-17-10-21(3-4-23(17)37-14-18)38-22-5-6-32-24(12-22)34-25(35)16-1-2-16/h3-12,16H,1-2,13-14,31H2,(H,33,36)(H,32,34,35). The molecule has 1 aliphatic heterocycles. The van der Waals surface area contributed by atoms with Crippen LogP contribution >= 0.6 is 0 Å². The second-order valence-corrected chi connectivity index (χ2v) is 8.97. The van der Waals surface area contributed by atoms with Gasteiger partial charge in [0, 0.05) is 36.0 Å². The van der Waals surface area contributed by atoms with Crippen LogP contribution in [-0.4, -0.2) is 23.4 Å². The Bertz CT molecular complexity index is 1430. The summed E-state index contributed by atoms with van der Waals surface area (Å²) in [6.45, 7) is -0.170. The first kappa shape index (κ1) is 25.3. The summed E-state index contributed by atoms with van der Waals surface area (Å²) in [7, 11) is 0. The van der Waals surface area contributed by atoms with Gasteiger partial charge in [0.25, 0.3) is 5.91 Å². The van der Waals surface area contributed by atoms with Crippen molar-refractivity contribution in [3.63, 3.8) is 0 Å².